The van der Waals surface area contributed by atoms with Crippen LogP contribution in [0.5, 0.6) is 0 Å². The zero-order chi connectivity index (χ0) is 31.1. The second-order valence-electron chi connectivity index (χ2n) is 13.8. The quantitative estimate of drug-likeness (QED) is 0.401. The number of carbonyl (C=O) groups is 2. The van der Waals surface area contributed by atoms with E-state index in [1.807, 2.05) is 68.5 Å². The lowest BCUT2D eigenvalue weighted by Gasteiger charge is -2.64. The van der Waals surface area contributed by atoms with Crippen LogP contribution in [0, 0.1) is 22.7 Å². The van der Waals surface area contributed by atoms with Crippen LogP contribution in [0.2, 0.25) is 0 Å². The van der Waals surface area contributed by atoms with E-state index in [0.717, 1.165) is 27.8 Å². The van der Waals surface area contributed by atoms with Gasteiger partial charge in [-0.1, -0.05) is 74.0 Å². The molecule has 3 N–H and O–H groups in total. The molecule has 2 aromatic rings. The van der Waals surface area contributed by atoms with Gasteiger partial charge in [0.05, 0.1) is 23.7 Å². The molecule has 0 bridgehead atoms. The van der Waals surface area contributed by atoms with Crippen LogP contribution in [0.25, 0.3) is 0 Å². The van der Waals surface area contributed by atoms with Gasteiger partial charge >= 0.3 is 0 Å². The van der Waals surface area contributed by atoms with Crippen molar-refractivity contribution in [3.05, 3.63) is 94.6 Å². The van der Waals surface area contributed by atoms with Gasteiger partial charge in [-0.05, 0) is 72.8 Å². The predicted molar refractivity (Wildman–Crippen MR) is 164 cm³/mol. The molecule has 1 heterocycles. The zero-order valence-corrected chi connectivity index (χ0v) is 25.8. The Morgan fingerprint density at radius 2 is 1.80 bits per heavy atom. The third kappa shape index (κ3) is 4.00. The van der Waals surface area contributed by atoms with Gasteiger partial charge < -0.3 is 24.8 Å². The van der Waals surface area contributed by atoms with E-state index in [0.29, 0.717) is 25.7 Å². The summed E-state index contributed by atoms with van der Waals surface area (Å²) in [7, 11) is 0. The smallest absolute Gasteiger partial charge is 0.193 e. The van der Waals surface area contributed by atoms with Crippen molar-refractivity contribution in [1.82, 2.24) is 0 Å². The van der Waals surface area contributed by atoms with Crippen LogP contribution in [-0.4, -0.2) is 56.2 Å². The second-order valence-corrected chi connectivity index (χ2v) is 14.4. The van der Waals surface area contributed by atoms with Crippen molar-refractivity contribution >= 4 is 23.2 Å². The van der Waals surface area contributed by atoms with Gasteiger partial charge in [0.25, 0.3) is 0 Å². The molecule has 232 valence electrons. The number of rotatable bonds is 6. The molecule has 7 nitrogen and oxygen atoms in total. The van der Waals surface area contributed by atoms with E-state index in [1.165, 1.54) is 0 Å². The van der Waals surface area contributed by atoms with Crippen molar-refractivity contribution in [2.75, 3.05) is 6.61 Å². The minimum Gasteiger partial charge on any atom is -0.392 e. The van der Waals surface area contributed by atoms with E-state index in [2.05, 4.69) is 0 Å². The molecule has 9 atom stereocenters. The van der Waals surface area contributed by atoms with Gasteiger partial charge in [0, 0.05) is 16.4 Å². The molecule has 8 heteroatoms. The highest BCUT2D eigenvalue weighted by atomic mass is 35.5. The number of hydrogen-bond donors (Lipinski definition) is 3. The molecule has 4 aliphatic carbocycles. The molecule has 4 fully saturated rings. The fourth-order valence-corrected chi connectivity index (χ4v) is 10.1. The molecule has 0 radical (unpaired) electrons. The van der Waals surface area contributed by atoms with E-state index in [4.69, 9.17) is 21.1 Å². The molecule has 7 rings (SSSR count). The maximum atomic E-state index is 13.8. The number of halogens is 1. The SMILES string of the molecule is C[C@]12C=CC(=O)C=C1CC[C@H]1[C@@H]3C[C@H]4O[C@@H](c5cccc(Cc6ccc(CO)cc6)c5)O[C@@]4(C(=O)CO)[C@@]3(C)C[C@H](O)[C@@]12Cl. The van der Waals surface area contributed by atoms with Crippen LogP contribution in [0.1, 0.15) is 68.1 Å². The minimum atomic E-state index is -1.44. The van der Waals surface area contributed by atoms with Crippen LogP contribution in [0.3, 0.4) is 0 Å². The Balaban J connectivity index is 1.21. The van der Waals surface area contributed by atoms with Crippen LogP contribution in [0.4, 0.5) is 0 Å². The Hall–Kier alpha value is -2.65. The first-order chi connectivity index (χ1) is 21.0. The Labute approximate surface area is 262 Å². The lowest BCUT2D eigenvalue weighted by molar-refractivity contribution is -0.197. The molecular formula is C36H39ClO7. The van der Waals surface area contributed by atoms with Gasteiger partial charge in [-0.25, -0.2) is 0 Å². The molecule has 5 aliphatic rings. The molecule has 1 saturated heterocycles. The Bertz CT molecular complexity index is 1570. The molecule has 0 unspecified atom stereocenters. The number of carbonyl (C=O) groups excluding carboxylic acids is 2. The molecule has 0 amide bonds. The van der Waals surface area contributed by atoms with E-state index in [-0.39, 0.29) is 30.6 Å². The van der Waals surface area contributed by atoms with Crippen molar-refractivity contribution in [2.45, 2.75) is 81.5 Å². The molecule has 0 aromatic heterocycles. The van der Waals surface area contributed by atoms with Crippen LogP contribution in [-0.2, 0) is 32.1 Å². The van der Waals surface area contributed by atoms with Crippen molar-refractivity contribution < 1.29 is 34.4 Å². The average molecular weight is 619 g/mol. The number of hydrogen-bond acceptors (Lipinski definition) is 7. The summed E-state index contributed by atoms with van der Waals surface area (Å²) in [4.78, 5) is 25.0. The van der Waals surface area contributed by atoms with Gasteiger partial charge in [-0.2, -0.15) is 0 Å². The molecule has 0 spiro atoms. The summed E-state index contributed by atoms with van der Waals surface area (Å²) < 4.78 is 13.4. The fourth-order valence-electron chi connectivity index (χ4n) is 9.57. The lowest BCUT2D eigenvalue weighted by Crippen LogP contribution is -2.69. The zero-order valence-electron chi connectivity index (χ0n) is 25.0. The minimum absolute atomic E-state index is 0.000483. The summed E-state index contributed by atoms with van der Waals surface area (Å²) in [6.07, 6.45) is 5.39. The number of aliphatic hydroxyl groups is 3. The normalized spacial score (nSPS) is 40.5. The summed E-state index contributed by atoms with van der Waals surface area (Å²) in [6.45, 7) is 3.31. The molecule has 44 heavy (non-hydrogen) atoms. The monoisotopic (exact) mass is 618 g/mol. The van der Waals surface area contributed by atoms with E-state index >= 15 is 0 Å². The first kappa shape index (κ1) is 30.0. The number of ketones is 2. The van der Waals surface area contributed by atoms with Gasteiger partial charge in [-0.15, -0.1) is 11.6 Å². The number of alkyl halides is 1. The van der Waals surface area contributed by atoms with Crippen LogP contribution in [0.15, 0.2) is 72.3 Å². The van der Waals surface area contributed by atoms with Gasteiger partial charge in [-0.3, -0.25) is 9.59 Å². The number of Topliss-reactive ketones (excluding diaryl/α,β-unsaturated/α-hetero) is 1. The first-order valence-corrected chi connectivity index (χ1v) is 15.9. The standard InChI is InChI=1S/C36H39ClO7/c1-33-13-12-26(40)16-25(33)10-11-27-28-17-31-36(30(42)20-39,34(28,2)18-29(41)35(27,33)37)44-32(43-31)24-5-3-4-23(15-24)14-21-6-8-22(19-38)9-7-21/h3-9,12-13,15-16,27-29,31-32,38-39,41H,10-11,14,17-20H2,1-2H3/t27-,28-,29-,31+,32+,33-,34-,35-,36+/m0/s1. The summed E-state index contributed by atoms with van der Waals surface area (Å²) in [5, 5.41) is 31.6. The largest absolute Gasteiger partial charge is 0.392 e. The summed E-state index contributed by atoms with van der Waals surface area (Å²) >= 11 is 7.58. The number of aliphatic hydroxyl groups excluding tert-OH is 3. The predicted octanol–water partition coefficient (Wildman–Crippen LogP) is 4.73. The van der Waals surface area contributed by atoms with Crippen molar-refractivity contribution in [3.63, 3.8) is 0 Å². The third-order valence-corrected chi connectivity index (χ3v) is 12.7. The maximum absolute atomic E-state index is 13.8. The number of ether oxygens (including phenoxy) is 2. The number of fused-ring (bicyclic) bond motifs is 7. The lowest BCUT2D eigenvalue weighted by atomic mass is 9.45. The van der Waals surface area contributed by atoms with Gasteiger partial charge in [0.1, 0.15) is 6.61 Å². The van der Waals surface area contributed by atoms with Crippen molar-refractivity contribution in [3.8, 4) is 0 Å². The van der Waals surface area contributed by atoms with E-state index in [9.17, 15) is 24.9 Å². The topological polar surface area (TPSA) is 113 Å². The summed E-state index contributed by atoms with van der Waals surface area (Å²) in [5.74, 6) is -0.776. The molecule has 1 aliphatic heterocycles. The first-order valence-electron chi connectivity index (χ1n) is 15.6. The fraction of sp³-hybridized carbons (Fsp3) is 0.500. The Morgan fingerprint density at radius 3 is 2.52 bits per heavy atom. The Morgan fingerprint density at radius 1 is 1.05 bits per heavy atom. The molecule has 3 saturated carbocycles. The van der Waals surface area contributed by atoms with Crippen molar-refractivity contribution in [2.24, 2.45) is 22.7 Å². The second kappa shape index (κ2) is 10.4. The van der Waals surface area contributed by atoms with Crippen molar-refractivity contribution in [1.29, 1.82) is 0 Å². The Kier molecular flexibility index (Phi) is 7.13. The highest BCUT2D eigenvalue weighted by Gasteiger charge is 2.78. The summed E-state index contributed by atoms with van der Waals surface area (Å²) in [6, 6.07) is 15.7. The highest BCUT2D eigenvalue weighted by Crippen LogP contribution is 2.73. The third-order valence-electron chi connectivity index (χ3n) is 11.8. The van der Waals surface area contributed by atoms with Crippen LogP contribution >= 0.6 is 11.6 Å². The molecular weight excluding hydrogens is 580 g/mol. The maximum Gasteiger partial charge on any atom is 0.193 e. The van der Waals surface area contributed by atoms with Gasteiger partial charge in [0.15, 0.2) is 23.5 Å². The highest BCUT2D eigenvalue weighted by molar-refractivity contribution is 6.26. The van der Waals surface area contributed by atoms with Gasteiger partial charge in [0.2, 0.25) is 0 Å². The number of benzene rings is 2. The molecule has 2 aromatic carbocycles. The summed E-state index contributed by atoms with van der Waals surface area (Å²) in [5.41, 5.74) is 1.74. The number of allylic oxidation sites excluding steroid dienone is 4. The van der Waals surface area contributed by atoms with Crippen LogP contribution < -0.4 is 0 Å². The van der Waals surface area contributed by atoms with E-state index in [1.54, 1.807) is 12.2 Å². The van der Waals surface area contributed by atoms with E-state index < -0.39 is 52.2 Å². The average Bonchev–Trinajstić information content (AvgIpc) is 3.52.